The fourth-order valence-electron chi connectivity index (χ4n) is 1.75. The van der Waals surface area contributed by atoms with Gasteiger partial charge in [-0.15, -0.1) is 6.42 Å². The van der Waals surface area contributed by atoms with Crippen LogP contribution in [0.25, 0.3) is 0 Å². The molecule has 0 saturated carbocycles. The van der Waals surface area contributed by atoms with Crippen LogP contribution in [0.2, 0.25) is 0 Å². The lowest BCUT2D eigenvalue weighted by Crippen LogP contribution is -2.31. The van der Waals surface area contributed by atoms with E-state index in [2.05, 4.69) is 12.0 Å². The molecule has 21 heavy (non-hydrogen) atoms. The highest BCUT2D eigenvalue weighted by atomic mass is 32.2. The first-order chi connectivity index (χ1) is 9.76. The van der Waals surface area contributed by atoms with Gasteiger partial charge in [-0.3, -0.25) is 4.18 Å². The van der Waals surface area contributed by atoms with E-state index in [-0.39, 0.29) is 5.41 Å². The number of allylic oxidation sites excluding steroid dienone is 2. The average molecular weight is 304 g/mol. The Hall–Kier alpha value is -1.37. The molecule has 1 aromatic carbocycles. The zero-order chi connectivity index (χ0) is 16.0. The minimum atomic E-state index is -1.55. The van der Waals surface area contributed by atoms with Gasteiger partial charge in [0.25, 0.3) is 0 Å². The number of rotatable bonds is 6. The Morgan fingerprint density at radius 1 is 1.38 bits per heavy atom. The van der Waals surface area contributed by atoms with Crippen LogP contribution < -0.4 is 0 Å². The van der Waals surface area contributed by atoms with E-state index in [0.717, 1.165) is 12.0 Å². The fraction of sp³-hybridized carbons (Fsp3) is 0.444. The molecule has 1 rings (SSSR count). The van der Waals surface area contributed by atoms with Gasteiger partial charge in [0.1, 0.15) is 6.10 Å². The van der Waals surface area contributed by atoms with Crippen molar-refractivity contribution in [1.29, 1.82) is 0 Å². The minimum Gasteiger partial charge on any atom is -0.270 e. The van der Waals surface area contributed by atoms with E-state index in [0.29, 0.717) is 4.90 Å². The van der Waals surface area contributed by atoms with Crippen molar-refractivity contribution < 1.29 is 8.39 Å². The van der Waals surface area contributed by atoms with Crippen molar-refractivity contribution in [2.45, 2.75) is 52.0 Å². The smallest absolute Gasteiger partial charge is 0.190 e. The van der Waals surface area contributed by atoms with Crippen LogP contribution in [0.1, 0.15) is 39.7 Å². The highest BCUT2D eigenvalue weighted by Gasteiger charge is 2.30. The zero-order valence-corrected chi connectivity index (χ0v) is 14.3. The molecule has 0 aromatic heterocycles. The van der Waals surface area contributed by atoms with Gasteiger partial charge < -0.3 is 0 Å². The third kappa shape index (κ3) is 5.49. The lowest BCUT2D eigenvalue weighted by molar-refractivity contribution is 0.138. The molecule has 0 spiro atoms. The second kappa shape index (κ2) is 7.59. The van der Waals surface area contributed by atoms with Gasteiger partial charge in [0, 0.05) is 5.41 Å². The summed E-state index contributed by atoms with van der Waals surface area (Å²) in [6.45, 7) is 10.1. The molecule has 0 aliphatic carbocycles. The molecule has 0 saturated heterocycles. The molecular weight excluding hydrogens is 280 g/mol. The maximum atomic E-state index is 12.3. The number of benzene rings is 1. The Balaban J connectivity index is 2.82. The predicted molar refractivity (Wildman–Crippen MR) is 89.1 cm³/mol. The van der Waals surface area contributed by atoms with E-state index in [1.54, 1.807) is 0 Å². The number of aryl methyl sites for hydroxylation is 1. The Morgan fingerprint density at radius 3 is 2.43 bits per heavy atom. The molecule has 0 aliphatic heterocycles. The molecular formula is C18H24O2S. The standard InChI is InChI=1S/C18H24O2S/c1-7-17(18(5,6)13-12-14(2)3)20-21(19)16-10-8-15(4)9-11-16/h1,8-12,17H,13H2,2-6H3. The van der Waals surface area contributed by atoms with Gasteiger partial charge in [0.05, 0.1) is 4.90 Å². The average Bonchev–Trinajstić information content (AvgIpc) is 2.43. The van der Waals surface area contributed by atoms with Gasteiger partial charge in [0.15, 0.2) is 11.1 Å². The van der Waals surface area contributed by atoms with Crippen LogP contribution in [-0.4, -0.2) is 10.3 Å². The van der Waals surface area contributed by atoms with Gasteiger partial charge in [-0.25, -0.2) is 4.21 Å². The van der Waals surface area contributed by atoms with Crippen LogP contribution in [0, 0.1) is 24.7 Å². The van der Waals surface area contributed by atoms with Gasteiger partial charge in [-0.2, -0.15) is 0 Å². The van der Waals surface area contributed by atoms with Gasteiger partial charge >= 0.3 is 0 Å². The van der Waals surface area contributed by atoms with E-state index < -0.39 is 17.2 Å². The summed E-state index contributed by atoms with van der Waals surface area (Å²) in [7, 11) is 0. The summed E-state index contributed by atoms with van der Waals surface area (Å²) in [4.78, 5) is 0.638. The van der Waals surface area contributed by atoms with Crippen LogP contribution in [0.4, 0.5) is 0 Å². The number of hydrogen-bond donors (Lipinski definition) is 0. The molecule has 3 heteroatoms. The Bertz CT molecular complexity index is 558. The highest BCUT2D eigenvalue weighted by molar-refractivity contribution is 7.80. The van der Waals surface area contributed by atoms with Crippen molar-refractivity contribution in [1.82, 2.24) is 0 Å². The quantitative estimate of drug-likeness (QED) is 0.574. The molecule has 0 N–H and O–H groups in total. The molecule has 2 nitrogen and oxygen atoms in total. The maximum absolute atomic E-state index is 12.3. The van der Waals surface area contributed by atoms with Gasteiger partial charge in [-0.1, -0.05) is 49.1 Å². The molecule has 0 amide bonds. The summed E-state index contributed by atoms with van der Waals surface area (Å²) in [5, 5.41) is 0. The summed E-state index contributed by atoms with van der Waals surface area (Å²) in [6, 6.07) is 7.44. The first-order valence-electron chi connectivity index (χ1n) is 7.01. The second-order valence-electron chi connectivity index (χ2n) is 6.16. The van der Waals surface area contributed by atoms with Crippen LogP contribution in [0.15, 0.2) is 40.8 Å². The Morgan fingerprint density at radius 2 is 1.95 bits per heavy atom. The third-order valence-electron chi connectivity index (χ3n) is 3.29. The molecule has 0 aliphatic rings. The SMILES string of the molecule is C#CC(OS(=O)c1ccc(C)cc1)C(C)(C)CC=C(C)C. The normalized spacial score (nSPS) is 14.1. The summed E-state index contributed by atoms with van der Waals surface area (Å²) in [6.07, 6.45) is 8.00. The van der Waals surface area contributed by atoms with E-state index >= 15 is 0 Å². The summed E-state index contributed by atoms with van der Waals surface area (Å²) in [5.74, 6) is 2.63. The number of terminal acetylenes is 1. The van der Waals surface area contributed by atoms with E-state index in [1.807, 2.05) is 58.9 Å². The molecule has 0 fully saturated rings. The van der Waals surface area contributed by atoms with Crippen LogP contribution >= 0.6 is 0 Å². The lowest BCUT2D eigenvalue weighted by atomic mass is 9.83. The molecule has 1 aromatic rings. The first kappa shape index (κ1) is 17.7. The van der Waals surface area contributed by atoms with Crippen molar-refractivity contribution in [2.75, 3.05) is 0 Å². The van der Waals surface area contributed by atoms with E-state index in [4.69, 9.17) is 10.6 Å². The van der Waals surface area contributed by atoms with E-state index in [1.165, 1.54) is 5.57 Å². The monoisotopic (exact) mass is 304 g/mol. The van der Waals surface area contributed by atoms with Crippen LogP contribution in [0.3, 0.4) is 0 Å². The van der Waals surface area contributed by atoms with Crippen molar-refractivity contribution in [2.24, 2.45) is 5.41 Å². The van der Waals surface area contributed by atoms with Crippen molar-refractivity contribution in [3.8, 4) is 12.3 Å². The molecule has 0 radical (unpaired) electrons. The lowest BCUT2D eigenvalue weighted by Gasteiger charge is -2.29. The molecule has 2 unspecified atom stereocenters. The highest BCUT2D eigenvalue weighted by Crippen LogP contribution is 2.30. The molecule has 0 bridgehead atoms. The van der Waals surface area contributed by atoms with Crippen molar-refractivity contribution in [3.63, 3.8) is 0 Å². The van der Waals surface area contributed by atoms with Gasteiger partial charge in [-0.05, 0) is 39.3 Å². The zero-order valence-electron chi connectivity index (χ0n) is 13.5. The van der Waals surface area contributed by atoms with Crippen molar-refractivity contribution >= 4 is 11.1 Å². The maximum Gasteiger partial charge on any atom is 0.190 e. The molecule has 114 valence electrons. The Labute approximate surface area is 131 Å². The second-order valence-corrected chi connectivity index (χ2v) is 7.30. The third-order valence-corrected chi connectivity index (χ3v) is 4.32. The molecule has 2 atom stereocenters. The first-order valence-corrected chi connectivity index (χ1v) is 8.09. The summed E-state index contributed by atoms with van der Waals surface area (Å²) < 4.78 is 17.9. The Kier molecular flexibility index (Phi) is 6.39. The van der Waals surface area contributed by atoms with E-state index in [9.17, 15) is 4.21 Å². The predicted octanol–water partition coefficient (Wildman–Crippen LogP) is 4.42. The topological polar surface area (TPSA) is 26.3 Å². The fourth-order valence-corrected chi connectivity index (χ4v) is 2.71. The minimum absolute atomic E-state index is 0.271. The summed E-state index contributed by atoms with van der Waals surface area (Å²) in [5.41, 5.74) is 2.08. The van der Waals surface area contributed by atoms with Crippen molar-refractivity contribution in [3.05, 3.63) is 41.5 Å². The van der Waals surface area contributed by atoms with Gasteiger partial charge in [0.2, 0.25) is 0 Å². The van der Waals surface area contributed by atoms with Crippen LogP contribution in [-0.2, 0) is 15.3 Å². The van der Waals surface area contributed by atoms with Crippen LogP contribution in [0.5, 0.6) is 0 Å². The largest absolute Gasteiger partial charge is 0.270 e. The number of hydrogen-bond acceptors (Lipinski definition) is 2. The molecule has 0 heterocycles. The summed E-state index contributed by atoms with van der Waals surface area (Å²) >= 11 is -1.55.